The SMILES string of the molecule is CC(O)(CNC(=O)C(c1ccc(Cl)cc1)C1CC1)c1ccc(Cl)cc1. The smallest absolute Gasteiger partial charge is 0.227 e. The maximum Gasteiger partial charge on any atom is 0.227 e. The summed E-state index contributed by atoms with van der Waals surface area (Å²) in [5, 5.41) is 14.9. The highest BCUT2D eigenvalue weighted by Crippen LogP contribution is 2.43. The van der Waals surface area contributed by atoms with Gasteiger partial charge in [0, 0.05) is 10.0 Å². The molecule has 0 saturated heterocycles. The molecule has 0 spiro atoms. The molecule has 1 saturated carbocycles. The zero-order chi connectivity index (χ0) is 18.0. The molecule has 2 N–H and O–H groups in total. The van der Waals surface area contributed by atoms with Crippen LogP contribution in [0.3, 0.4) is 0 Å². The lowest BCUT2D eigenvalue weighted by Crippen LogP contribution is -2.41. The first kappa shape index (κ1) is 18.2. The highest BCUT2D eigenvalue weighted by atomic mass is 35.5. The molecule has 0 radical (unpaired) electrons. The predicted octanol–water partition coefficient (Wildman–Crippen LogP) is 4.51. The van der Waals surface area contributed by atoms with Crippen LogP contribution in [0.25, 0.3) is 0 Å². The maximum absolute atomic E-state index is 12.8. The van der Waals surface area contributed by atoms with Crippen LogP contribution in [0.5, 0.6) is 0 Å². The van der Waals surface area contributed by atoms with E-state index < -0.39 is 5.60 Å². The predicted molar refractivity (Wildman–Crippen MR) is 101 cm³/mol. The van der Waals surface area contributed by atoms with Crippen molar-refractivity contribution in [2.24, 2.45) is 5.92 Å². The van der Waals surface area contributed by atoms with Gasteiger partial charge in [-0.15, -0.1) is 0 Å². The summed E-state index contributed by atoms with van der Waals surface area (Å²) < 4.78 is 0. The van der Waals surface area contributed by atoms with Crippen LogP contribution in [0, 0.1) is 5.92 Å². The van der Waals surface area contributed by atoms with E-state index in [4.69, 9.17) is 23.2 Å². The molecular weight excluding hydrogens is 357 g/mol. The summed E-state index contributed by atoms with van der Waals surface area (Å²) in [6, 6.07) is 14.4. The summed E-state index contributed by atoms with van der Waals surface area (Å²) >= 11 is 11.8. The number of aliphatic hydroxyl groups is 1. The molecule has 2 unspecified atom stereocenters. The normalized spacial score (nSPS) is 17.6. The molecule has 3 nitrogen and oxygen atoms in total. The van der Waals surface area contributed by atoms with Crippen molar-refractivity contribution in [3.05, 3.63) is 69.7 Å². The first-order valence-electron chi connectivity index (χ1n) is 8.38. The molecule has 0 bridgehead atoms. The van der Waals surface area contributed by atoms with Gasteiger partial charge in [-0.1, -0.05) is 47.5 Å². The Morgan fingerprint density at radius 1 is 1.12 bits per heavy atom. The van der Waals surface area contributed by atoms with E-state index in [2.05, 4.69) is 5.32 Å². The molecular formula is C20H21Cl2NO2. The molecule has 1 aliphatic carbocycles. The Labute approximate surface area is 158 Å². The molecule has 0 aliphatic heterocycles. The Hall–Kier alpha value is -1.55. The van der Waals surface area contributed by atoms with Crippen LogP contribution in [-0.4, -0.2) is 17.6 Å². The zero-order valence-electron chi connectivity index (χ0n) is 14.0. The number of carbonyl (C=O) groups excluding carboxylic acids is 1. The van der Waals surface area contributed by atoms with E-state index in [1.165, 1.54) is 0 Å². The van der Waals surface area contributed by atoms with Gasteiger partial charge in [0.05, 0.1) is 12.5 Å². The quantitative estimate of drug-likeness (QED) is 0.777. The molecule has 2 aromatic rings. The summed E-state index contributed by atoms with van der Waals surface area (Å²) in [4.78, 5) is 12.8. The van der Waals surface area contributed by atoms with Gasteiger partial charge >= 0.3 is 0 Å². The number of rotatable bonds is 6. The fourth-order valence-corrected chi connectivity index (χ4v) is 3.27. The molecule has 5 heteroatoms. The van der Waals surface area contributed by atoms with Gasteiger partial charge in [-0.25, -0.2) is 0 Å². The largest absolute Gasteiger partial charge is 0.384 e. The van der Waals surface area contributed by atoms with E-state index in [1.54, 1.807) is 31.2 Å². The van der Waals surface area contributed by atoms with Gasteiger partial charge in [0.15, 0.2) is 0 Å². The minimum atomic E-state index is -1.16. The summed E-state index contributed by atoms with van der Waals surface area (Å²) in [5.41, 5.74) is 0.524. The molecule has 2 aromatic carbocycles. The lowest BCUT2D eigenvalue weighted by molar-refractivity contribution is -0.124. The fraction of sp³-hybridized carbons (Fsp3) is 0.350. The molecule has 1 aliphatic rings. The third-order valence-corrected chi connectivity index (χ3v) is 5.18. The van der Waals surface area contributed by atoms with Crippen LogP contribution in [0.2, 0.25) is 10.0 Å². The third kappa shape index (κ3) is 4.55. The summed E-state index contributed by atoms with van der Waals surface area (Å²) in [6.45, 7) is 1.83. The molecule has 1 amide bonds. The van der Waals surface area contributed by atoms with Crippen LogP contribution in [0.1, 0.15) is 36.8 Å². The highest BCUT2D eigenvalue weighted by molar-refractivity contribution is 6.30. The van der Waals surface area contributed by atoms with Crippen LogP contribution in [-0.2, 0) is 10.4 Å². The average Bonchev–Trinajstić information content (AvgIpc) is 3.40. The standard InChI is InChI=1S/C20H21Cl2NO2/c1-20(25,15-6-10-17(22)11-7-15)12-23-19(24)18(13-2-3-13)14-4-8-16(21)9-5-14/h4-11,13,18,25H,2-3,12H2,1H3,(H,23,24). The Balaban J connectivity index is 1.69. The van der Waals surface area contributed by atoms with Crippen molar-refractivity contribution in [2.45, 2.75) is 31.3 Å². The summed E-state index contributed by atoms with van der Waals surface area (Å²) in [6.07, 6.45) is 2.10. The lowest BCUT2D eigenvalue weighted by atomic mass is 9.92. The van der Waals surface area contributed by atoms with E-state index in [9.17, 15) is 9.90 Å². The number of hydrogen-bond acceptors (Lipinski definition) is 2. The molecule has 0 aromatic heterocycles. The maximum atomic E-state index is 12.8. The second-order valence-corrected chi connectivity index (χ2v) is 7.74. The zero-order valence-corrected chi connectivity index (χ0v) is 15.5. The number of hydrogen-bond donors (Lipinski definition) is 2. The van der Waals surface area contributed by atoms with Gasteiger partial charge in [0.25, 0.3) is 0 Å². The van der Waals surface area contributed by atoms with Crippen LogP contribution < -0.4 is 5.32 Å². The highest BCUT2D eigenvalue weighted by Gasteiger charge is 2.38. The average molecular weight is 378 g/mol. The Morgan fingerprint density at radius 3 is 2.16 bits per heavy atom. The summed E-state index contributed by atoms with van der Waals surface area (Å²) in [7, 11) is 0. The van der Waals surface area contributed by atoms with Crippen molar-refractivity contribution < 1.29 is 9.90 Å². The fourth-order valence-electron chi connectivity index (χ4n) is 3.02. The van der Waals surface area contributed by atoms with Crippen molar-refractivity contribution >= 4 is 29.1 Å². The second-order valence-electron chi connectivity index (χ2n) is 6.87. The topological polar surface area (TPSA) is 49.3 Å². The van der Waals surface area contributed by atoms with Gasteiger partial charge in [0.1, 0.15) is 5.60 Å². The molecule has 132 valence electrons. The van der Waals surface area contributed by atoms with Gasteiger partial charge in [-0.2, -0.15) is 0 Å². The van der Waals surface area contributed by atoms with Crippen LogP contribution >= 0.6 is 23.2 Å². The van der Waals surface area contributed by atoms with Gasteiger partial charge < -0.3 is 10.4 Å². The van der Waals surface area contributed by atoms with Crippen LogP contribution in [0.4, 0.5) is 0 Å². The van der Waals surface area contributed by atoms with Crippen molar-refractivity contribution in [2.75, 3.05) is 6.54 Å². The number of nitrogens with one attached hydrogen (secondary N) is 1. The number of carbonyl (C=O) groups is 1. The van der Waals surface area contributed by atoms with E-state index in [-0.39, 0.29) is 18.4 Å². The minimum Gasteiger partial charge on any atom is -0.384 e. The monoisotopic (exact) mass is 377 g/mol. The third-order valence-electron chi connectivity index (χ3n) is 4.68. The molecule has 25 heavy (non-hydrogen) atoms. The Morgan fingerprint density at radius 2 is 1.64 bits per heavy atom. The van der Waals surface area contributed by atoms with Gasteiger partial charge in [-0.3, -0.25) is 4.79 Å². The van der Waals surface area contributed by atoms with E-state index >= 15 is 0 Å². The van der Waals surface area contributed by atoms with E-state index in [0.717, 1.165) is 18.4 Å². The molecule has 0 heterocycles. The summed E-state index contributed by atoms with van der Waals surface area (Å²) in [5.74, 6) is 0.110. The Bertz CT molecular complexity index is 737. The van der Waals surface area contributed by atoms with Crippen molar-refractivity contribution in [1.82, 2.24) is 5.32 Å². The van der Waals surface area contributed by atoms with Gasteiger partial charge in [-0.05, 0) is 61.1 Å². The first-order valence-corrected chi connectivity index (χ1v) is 9.14. The number of benzene rings is 2. The van der Waals surface area contributed by atoms with Crippen molar-refractivity contribution in [3.8, 4) is 0 Å². The first-order chi connectivity index (χ1) is 11.9. The van der Waals surface area contributed by atoms with Gasteiger partial charge in [0.2, 0.25) is 5.91 Å². The van der Waals surface area contributed by atoms with Crippen LogP contribution in [0.15, 0.2) is 48.5 Å². The van der Waals surface area contributed by atoms with Crippen molar-refractivity contribution in [1.29, 1.82) is 0 Å². The molecule has 1 fully saturated rings. The molecule has 3 rings (SSSR count). The Kier molecular flexibility index (Phi) is 5.38. The van der Waals surface area contributed by atoms with E-state index in [1.807, 2.05) is 24.3 Å². The second kappa shape index (κ2) is 7.36. The number of halogens is 2. The molecule has 2 atom stereocenters. The lowest BCUT2D eigenvalue weighted by Gasteiger charge is -2.26. The van der Waals surface area contributed by atoms with Crippen molar-refractivity contribution in [3.63, 3.8) is 0 Å². The number of amides is 1. The minimum absolute atomic E-state index is 0.0564. The van der Waals surface area contributed by atoms with E-state index in [0.29, 0.717) is 21.5 Å².